The van der Waals surface area contributed by atoms with Gasteiger partial charge in [0.2, 0.25) is 5.89 Å². The van der Waals surface area contributed by atoms with E-state index < -0.39 is 0 Å². The molecule has 2 atom stereocenters. The summed E-state index contributed by atoms with van der Waals surface area (Å²) in [6, 6.07) is 21.1. The highest BCUT2D eigenvalue weighted by molar-refractivity contribution is 14.0. The van der Waals surface area contributed by atoms with E-state index in [-0.39, 0.29) is 30.1 Å². The van der Waals surface area contributed by atoms with Crippen molar-refractivity contribution in [3.05, 3.63) is 83.5 Å². The van der Waals surface area contributed by atoms with Gasteiger partial charge in [0.05, 0.1) is 6.54 Å². The highest BCUT2D eigenvalue weighted by atomic mass is 127. The van der Waals surface area contributed by atoms with E-state index in [4.69, 9.17) is 9.26 Å². The molecule has 0 aliphatic carbocycles. The van der Waals surface area contributed by atoms with Gasteiger partial charge in [-0.05, 0) is 31.4 Å². The van der Waals surface area contributed by atoms with Crippen molar-refractivity contribution >= 4 is 29.9 Å². The number of nitrogens with one attached hydrogen (secondary N) is 2. The molecule has 3 aromatic rings. The molecule has 1 heterocycles. The smallest absolute Gasteiger partial charge is 0.246 e. The van der Waals surface area contributed by atoms with Crippen LogP contribution in [0.5, 0.6) is 0 Å². The topological polar surface area (TPSA) is 84.6 Å². The van der Waals surface area contributed by atoms with E-state index in [2.05, 4.69) is 74.3 Å². The minimum Gasteiger partial charge on any atom is -0.371 e. The third kappa shape index (κ3) is 7.90. The SMILES string of the molecule is CCOC(C)c1noc(CNC(=NC)NCC(Cc2ccccc2)c2ccccc2)n1.I. The van der Waals surface area contributed by atoms with Crippen LogP contribution in [0.3, 0.4) is 0 Å². The zero-order chi connectivity index (χ0) is 21.9. The lowest BCUT2D eigenvalue weighted by atomic mass is 9.92. The Morgan fingerprint density at radius 1 is 1.06 bits per heavy atom. The third-order valence-electron chi connectivity index (χ3n) is 5.01. The van der Waals surface area contributed by atoms with Crippen LogP contribution in [-0.4, -0.2) is 36.3 Å². The zero-order valence-electron chi connectivity index (χ0n) is 18.8. The highest BCUT2D eigenvalue weighted by Gasteiger charge is 2.15. The highest BCUT2D eigenvalue weighted by Crippen LogP contribution is 2.20. The average Bonchev–Trinajstić information content (AvgIpc) is 3.29. The van der Waals surface area contributed by atoms with Gasteiger partial charge in [-0.1, -0.05) is 65.8 Å². The Morgan fingerprint density at radius 3 is 2.41 bits per heavy atom. The van der Waals surface area contributed by atoms with Gasteiger partial charge in [-0.3, -0.25) is 4.99 Å². The Kier molecular flexibility index (Phi) is 11.2. The molecule has 172 valence electrons. The van der Waals surface area contributed by atoms with E-state index >= 15 is 0 Å². The van der Waals surface area contributed by atoms with Crippen LogP contribution < -0.4 is 10.6 Å². The first-order valence-corrected chi connectivity index (χ1v) is 10.7. The number of ether oxygens (including phenoxy) is 1. The van der Waals surface area contributed by atoms with Crippen LogP contribution in [0.4, 0.5) is 0 Å². The van der Waals surface area contributed by atoms with Gasteiger partial charge in [-0.2, -0.15) is 4.98 Å². The van der Waals surface area contributed by atoms with E-state index in [1.54, 1.807) is 7.05 Å². The number of hydrogen-bond acceptors (Lipinski definition) is 5. The molecule has 0 saturated heterocycles. The lowest BCUT2D eigenvalue weighted by molar-refractivity contribution is 0.0683. The summed E-state index contributed by atoms with van der Waals surface area (Å²) in [5, 5.41) is 10.7. The average molecular weight is 549 g/mol. The molecule has 2 N–H and O–H groups in total. The first kappa shape index (κ1) is 25.8. The maximum Gasteiger partial charge on any atom is 0.246 e. The standard InChI is InChI=1S/C24H31N5O2.HI/c1-4-30-18(2)23-28-22(31-29-23)17-27-24(25-3)26-16-21(20-13-9-6-10-14-20)15-19-11-7-5-8-12-19;/h5-14,18,21H,4,15-17H2,1-3H3,(H2,25,26,27);1H. The summed E-state index contributed by atoms with van der Waals surface area (Å²) in [5.74, 6) is 2.04. The molecule has 0 bridgehead atoms. The molecule has 2 aromatic carbocycles. The minimum atomic E-state index is -0.190. The second-order valence-corrected chi connectivity index (χ2v) is 7.25. The normalized spacial score (nSPS) is 13.2. The Balaban J connectivity index is 0.00000363. The molecule has 0 spiro atoms. The van der Waals surface area contributed by atoms with Gasteiger partial charge in [-0.25, -0.2) is 0 Å². The second kappa shape index (κ2) is 13.8. The maximum absolute atomic E-state index is 5.50. The van der Waals surface area contributed by atoms with Crippen molar-refractivity contribution < 1.29 is 9.26 Å². The van der Waals surface area contributed by atoms with Gasteiger partial charge in [0.25, 0.3) is 0 Å². The predicted octanol–water partition coefficient (Wildman–Crippen LogP) is 4.48. The number of guanidine groups is 1. The first-order chi connectivity index (χ1) is 15.2. The lowest BCUT2D eigenvalue weighted by Crippen LogP contribution is -2.39. The molecule has 0 saturated carbocycles. The van der Waals surface area contributed by atoms with Crippen LogP contribution in [0, 0.1) is 0 Å². The van der Waals surface area contributed by atoms with Crippen LogP contribution in [0.2, 0.25) is 0 Å². The molecule has 0 aliphatic rings. The lowest BCUT2D eigenvalue weighted by Gasteiger charge is -2.20. The number of halogens is 1. The molecule has 0 aliphatic heterocycles. The van der Waals surface area contributed by atoms with Crippen LogP contribution >= 0.6 is 24.0 Å². The Hall–Kier alpha value is -2.46. The Labute approximate surface area is 207 Å². The quantitative estimate of drug-likeness (QED) is 0.221. The zero-order valence-corrected chi connectivity index (χ0v) is 21.2. The van der Waals surface area contributed by atoms with Crippen molar-refractivity contribution in [2.45, 2.75) is 38.8 Å². The summed E-state index contributed by atoms with van der Waals surface area (Å²) in [7, 11) is 1.75. The monoisotopic (exact) mass is 549 g/mol. The fourth-order valence-corrected chi connectivity index (χ4v) is 3.36. The van der Waals surface area contributed by atoms with Crippen molar-refractivity contribution in [2.75, 3.05) is 20.2 Å². The van der Waals surface area contributed by atoms with Gasteiger partial charge in [0, 0.05) is 26.1 Å². The van der Waals surface area contributed by atoms with E-state index in [1.165, 1.54) is 11.1 Å². The number of hydrogen-bond donors (Lipinski definition) is 2. The van der Waals surface area contributed by atoms with E-state index in [0.29, 0.717) is 36.7 Å². The van der Waals surface area contributed by atoms with Crippen LogP contribution in [0.25, 0.3) is 0 Å². The van der Waals surface area contributed by atoms with Crippen molar-refractivity contribution in [3.8, 4) is 0 Å². The minimum absolute atomic E-state index is 0. The number of aromatic nitrogens is 2. The molecular weight excluding hydrogens is 517 g/mol. The van der Waals surface area contributed by atoms with Gasteiger partial charge >= 0.3 is 0 Å². The van der Waals surface area contributed by atoms with Crippen molar-refractivity contribution in [3.63, 3.8) is 0 Å². The molecular formula is C24H32IN5O2. The molecule has 8 heteroatoms. The number of benzene rings is 2. The van der Waals surface area contributed by atoms with E-state index in [9.17, 15) is 0 Å². The summed E-state index contributed by atoms with van der Waals surface area (Å²) in [6.07, 6.45) is 0.751. The molecule has 32 heavy (non-hydrogen) atoms. The predicted molar refractivity (Wildman–Crippen MR) is 137 cm³/mol. The molecule has 3 rings (SSSR count). The summed E-state index contributed by atoms with van der Waals surface area (Å²) < 4.78 is 10.8. The van der Waals surface area contributed by atoms with E-state index in [0.717, 1.165) is 13.0 Å². The summed E-state index contributed by atoms with van der Waals surface area (Å²) >= 11 is 0. The molecule has 0 amide bonds. The Morgan fingerprint density at radius 2 is 1.75 bits per heavy atom. The largest absolute Gasteiger partial charge is 0.371 e. The van der Waals surface area contributed by atoms with Crippen LogP contribution in [0.15, 0.2) is 70.2 Å². The first-order valence-electron chi connectivity index (χ1n) is 10.7. The number of aliphatic imine (C=N–C) groups is 1. The van der Waals surface area contributed by atoms with Gasteiger partial charge in [0.1, 0.15) is 6.10 Å². The molecule has 0 radical (unpaired) electrons. The number of rotatable bonds is 10. The summed E-state index contributed by atoms with van der Waals surface area (Å²) in [5.41, 5.74) is 2.60. The van der Waals surface area contributed by atoms with Crippen molar-refractivity contribution in [1.82, 2.24) is 20.8 Å². The Bertz CT molecular complexity index is 934. The van der Waals surface area contributed by atoms with Crippen LogP contribution in [0.1, 0.15) is 48.7 Å². The van der Waals surface area contributed by atoms with Gasteiger partial charge in [0.15, 0.2) is 11.8 Å². The molecule has 7 nitrogen and oxygen atoms in total. The third-order valence-corrected chi connectivity index (χ3v) is 5.01. The van der Waals surface area contributed by atoms with Crippen molar-refractivity contribution in [2.24, 2.45) is 4.99 Å². The summed E-state index contributed by atoms with van der Waals surface area (Å²) in [6.45, 7) is 5.58. The maximum atomic E-state index is 5.50. The second-order valence-electron chi connectivity index (χ2n) is 7.25. The van der Waals surface area contributed by atoms with Gasteiger partial charge in [-0.15, -0.1) is 24.0 Å². The van der Waals surface area contributed by atoms with Gasteiger partial charge < -0.3 is 19.9 Å². The van der Waals surface area contributed by atoms with Crippen molar-refractivity contribution in [1.29, 1.82) is 0 Å². The summed E-state index contributed by atoms with van der Waals surface area (Å²) in [4.78, 5) is 8.71. The fraction of sp³-hybridized carbons (Fsp3) is 0.375. The fourth-order valence-electron chi connectivity index (χ4n) is 3.36. The molecule has 0 fully saturated rings. The molecule has 2 unspecified atom stereocenters. The van der Waals surface area contributed by atoms with E-state index in [1.807, 2.05) is 26.0 Å². The molecule has 1 aromatic heterocycles. The van der Waals surface area contributed by atoms with Crippen LogP contribution in [-0.2, 0) is 17.7 Å². The number of nitrogens with zero attached hydrogens (tertiary/aromatic N) is 3.